The summed E-state index contributed by atoms with van der Waals surface area (Å²) in [6.45, 7) is 0.764. The van der Waals surface area contributed by atoms with Crippen LogP contribution in [0.1, 0.15) is 10.7 Å². The summed E-state index contributed by atoms with van der Waals surface area (Å²) in [6, 6.07) is 17.1. The highest BCUT2D eigenvalue weighted by Crippen LogP contribution is 2.15. The largest absolute Gasteiger partial charge is 0.486 e. The number of benzene rings is 2. The maximum absolute atomic E-state index is 12.5. The summed E-state index contributed by atoms with van der Waals surface area (Å²) in [5.74, 6) is 0.812. The quantitative estimate of drug-likeness (QED) is 0.553. The van der Waals surface area contributed by atoms with Gasteiger partial charge in [0.05, 0.1) is 23.8 Å². The van der Waals surface area contributed by atoms with E-state index in [0.29, 0.717) is 18.5 Å². The molecule has 6 heteroatoms. The molecule has 2 aromatic carbocycles. The molecular weight excluding hydrogens is 334 g/mol. The van der Waals surface area contributed by atoms with Gasteiger partial charge in [0.25, 0.3) is 5.56 Å². The van der Waals surface area contributed by atoms with Gasteiger partial charge in [0.2, 0.25) is 0 Å². The van der Waals surface area contributed by atoms with Crippen LogP contribution >= 0.6 is 11.3 Å². The second kappa shape index (κ2) is 6.86. The monoisotopic (exact) mass is 349 g/mol. The Morgan fingerprint density at radius 1 is 1.04 bits per heavy atom. The smallest absolute Gasteiger partial charge is 0.274 e. The maximum atomic E-state index is 12.5. The van der Waals surface area contributed by atoms with Gasteiger partial charge < -0.3 is 4.74 Å². The first kappa shape index (κ1) is 15.5. The molecule has 0 atom stereocenters. The summed E-state index contributed by atoms with van der Waals surface area (Å²) in [4.78, 5) is 17.0. The van der Waals surface area contributed by atoms with Gasteiger partial charge in [-0.1, -0.05) is 36.4 Å². The zero-order valence-electron chi connectivity index (χ0n) is 13.3. The first-order valence-electron chi connectivity index (χ1n) is 7.85. The fraction of sp³-hybridized carbons (Fsp3) is 0.105. The van der Waals surface area contributed by atoms with Crippen molar-refractivity contribution < 1.29 is 4.74 Å². The molecule has 25 heavy (non-hydrogen) atoms. The number of rotatable bonds is 5. The highest BCUT2D eigenvalue weighted by atomic mass is 32.1. The molecule has 0 radical (unpaired) electrons. The fourth-order valence-electron chi connectivity index (χ4n) is 2.54. The van der Waals surface area contributed by atoms with Gasteiger partial charge in [-0.05, 0) is 18.2 Å². The highest BCUT2D eigenvalue weighted by Gasteiger charge is 2.08. The summed E-state index contributed by atoms with van der Waals surface area (Å²) in [5, 5.41) is 8.56. The lowest BCUT2D eigenvalue weighted by Gasteiger charge is -2.04. The molecule has 0 N–H and O–H groups in total. The van der Waals surface area contributed by atoms with E-state index in [1.165, 1.54) is 16.0 Å². The Kier molecular flexibility index (Phi) is 4.26. The molecular formula is C19H15N3O2S. The van der Waals surface area contributed by atoms with Gasteiger partial charge in [-0.25, -0.2) is 9.67 Å². The number of ether oxygens (including phenoxy) is 1. The summed E-state index contributed by atoms with van der Waals surface area (Å²) >= 11 is 1.52. The second-order valence-corrected chi connectivity index (χ2v) is 6.47. The van der Waals surface area contributed by atoms with Crippen molar-refractivity contribution in [1.29, 1.82) is 0 Å². The van der Waals surface area contributed by atoms with Gasteiger partial charge in [0, 0.05) is 10.8 Å². The van der Waals surface area contributed by atoms with Crippen LogP contribution in [0.2, 0.25) is 0 Å². The molecule has 0 saturated carbocycles. The Labute approximate surface area is 148 Å². The van der Waals surface area contributed by atoms with E-state index in [4.69, 9.17) is 4.74 Å². The lowest BCUT2D eigenvalue weighted by molar-refractivity contribution is 0.305. The molecule has 0 bridgehead atoms. The molecule has 0 aliphatic rings. The van der Waals surface area contributed by atoms with Crippen LogP contribution in [0.4, 0.5) is 0 Å². The minimum Gasteiger partial charge on any atom is -0.486 e. The lowest BCUT2D eigenvalue weighted by Crippen LogP contribution is -2.23. The molecule has 5 nitrogen and oxygen atoms in total. The molecule has 2 heterocycles. The zero-order chi connectivity index (χ0) is 17.1. The van der Waals surface area contributed by atoms with Crippen molar-refractivity contribution in [3.8, 4) is 5.75 Å². The Balaban J connectivity index is 1.50. The topological polar surface area (TPSA) is 57.0 Å². The Morgan fingerprint density at radius 2 is 1.84 bits per heavy atom. The van der Waals surface area contributed by atoms with Crippen LogP contribution in [0.3, 0.4) is 0 Å². The predicted octanol–water partition coefficient (Wildman–Crippen LogP) is 3.48. The number of thiazole rings is 1. The second-order valence-electron chi connectivity index (χ2n) is 5.53. The van der Waals surface area contributed by atoms with Crippen LogP contribution in [-0.4, -0.2) is 14.8 Å². The first-order chi connectivity index (χ1) is 12.3. The van der Waals surface area contributed by atoms with Crippen molar-refractivity contribution in [3.05, 3.63) is 87.2 Å². The number of fused-ring (bicyclic) bond motifs is 1. The third-order valence-electron chi connectivity index (χ3n) is 3.78. The number of hydrogen-bond donors (Lipinski definition) is 0. The highest BCUT2D eigenvalue weighted by molar-refractivity contribution is 7.09. The summed E-state index contributed by atoms with van der Waals surface area (Å²) in [7, 11) is 0. The van der Waals surface area contributed by atoms with Gasteiger partial charge in [0.1, 0.15) is 17.4 Å². The molecule has 0 saturated heterocycles. The molecule has 124 valence electrons. The molecule has 0 aliphatic carbocycles. The van der Waals surface area contributed by atoms with Gasteiger partial charge in [0.15, 0.2) is 0 Å². The van der Waals surface area contributed by atoms with Crippen LogP contribution in [0.25, 0.3) is 10.8 Å². The maximum Gasteiger partial charge on any atom is 0.274 e. The lowest BCUT2D eigenvalue weighted by atomic mass is 10.2. The molecule has 0 spiro atoms. The van der Waals surface area contributed by atoms with Gasteiger partial charge in [-0.2, -0.15) is 5.10 Å². The van der Waals surface area contributed by atoms with Crippen molar-refractivity contribution in [1.82, 2.24) is 14.8 Å². The van der Waals surface area contributed by atoms with E-state index in [1.807, 2.05) is 60.0 Å². The Hall–Kier alpha value is -2.99. The van der Waals surface area contributed by atoms with Crippen molar-refractivity contribution in [2.24, 2.45) is 0 Å². The molecule has 4 rings (SSSR count). The van der Waals surface area contributed by atoms with Crippen LogP contribution < -0.4 is 10.3 Å². The number of hydrogen-bond acceptors (Lipinski definition) is 5. The van der Waals surface area contributed by atoms with E-state index in [9.17, 15) is 4.79 Å². The fourth-order valence-corrected chi connectivity index (χ4v) is 3.24. The van der Waals surface area contributed by atoms with Gasteiger partial charge in [-0.15, -0.1) is 11.3 Å². The predicted molar refractivity (Wildman–Crippen MR) is 98.0 cm³/mol. The van der Waals surface area contributed by atoms with E-state index in [1.54, 1.807) is 6.20 Å². The standard InChI is InChI=1S/C19H15N3O2S/c23-19-17-9-5-4-6-14(17)10-20-22(19)11-15-13-25-18(21-15)12-24-16-7-2-1-3-8-16/h1-10,13H,11-12H2. The molecule has 2 aromatic heterocycles. The van der Waals surface area contributed by atoms with E-state index in [2.05, 4.69) is 10.1 Å². The summed E-state index contributed by atoms with van der Waals surface area (Å²) in [5.41, 5.74) is 0.703. The van der Waals surface area contributed by atoms with Crippen molar-refractivity contribution in [2.75, 3.05) is 0 Å². The molecule has 0 fully saturated rings. The third kappa shape index (κ3) is 3.44. The minimum absolute atomic E-state index is 0.104. The summed E-state index contributed by atoms with van der Waals surface area (Å²) < 4.78 is 7.14. The number of para-hydroxylation sites is 1. The zero-order valence-corrected chi connectivity index (χ0v) is 14.1. The molecule has 0 aliphatic heterocycles. The number of aromatic nitrogens is 3. The SMILES string of the molecule is O=c1c2ccccc2cnn1Cc1csc(COc2ccccc2)n1. The van der Waals surface area contributed by atoms with E-state index in [0.717, 1.165) is 21.8 Å². The number of nitrogens with zero attached hydrogens (tertiary/aromatic N) is 3. The Morgan fingerprint density at radius 3 is 2.72 bits per heavy atom. The average Bonchev–Trinajstić information content (AvgIpc) is 3.11. The van der Waals surface area contributed by atoms with Crippen molar-refractivity contribution in [3.63, 3.8) is 0 Å². The van der Waals surface area contributed by atoms with Crippen molar-refractivity contribution in [2.45, 2.75) is 13.2 Å². The van der Waals surface area contributed by atoms with Crippen LogP contribution in [0.5, 0.6) is 5.75 Å². The third-order valence-corrected chi connectivity index (χ3v) is 4.65. The van der Waals surface area contributed by atoms with E-state index in [-0.39, 0.29) is 5.56 Å². The van der Waals surface area contributed by atoms with E-state index < -0.39 is 0 Å². The average molecular weight is 349 g/mol. The van der Waals surface area contributed by atoms with Crippen molar-refractivity contribution >= 4 is 22.1 Å². The molecule has 0 amide bonds. The Bertz CT molecular complexity index is 1060. The summed E-state index contributed by atoms with van der Waals surface area (Å²) in [6.07, 6.45) is 1.71. The molecule has 4 aromatic rings. The molecule has 0 unspecified atom stereocenters. The van der Waals surface area contributed by atoms with Crippen LogP contribution in [0.15, 0.2) is 71.0 Å². The normalized spacial score (nSPS) is 10.9. The minimum atomic E-state index is -0.104. The van der Waals surface area contributed by atoms with Gasteiger partial charge in [-0.3, -0.25) is 4.79 Å². The van der Waals surface area contributed by atoms with E-state index >= 15 is 0 Å². The first-order valence-corrected chi connectivity index (χ1v) is 8.73. The van der Waals surface area contributed by atoms with Crippen LogP contribution in [0, 0.1) is 0 Å². The van der Waals surface area contributed by atoms with Crippen LogP contribution in [-0.2, 0) is 13.2 Å². The van der Waals surface area contributed by atoms with Gasteiger partial charge >= 0.3 is 0 Å².